The second-order valence-corrected chi connectivity index (χ2v) is 6.93. The van der Waals surface area contributed by atoms with Gasteiger partial charge < -0.3 is 15.5 Å². The topological polar surface area (TPSA) is 89.3 Å². The molecule has 3 rings (SSSR count). The van der Waals surface area contributed by atoms with Crippen LogP contribution in [0.5, 0.6) is 0 Å². The monoisotopic (exact) mass is 372 g/mol. The summed E-state index contributed by atoms with van der Waals surface area (Å²) in [6.07, 6.45) is 7.94. The largest absolute Gasteiger partial charge is 0.384 e. The molecule has 0 unspecified atom stereocenters. The van der Waals surface area contributed by atoms with Crippen molar-refractivity contribution in [1.82, 2.24) is 10.3 Å². The Hall–Kier alpha value is -2.41. The number of aryl methyl sites for hydroxylation is 1. The molecule has 146 valence electrons. The quantitative estimate of drug-likeness (QED) is 0.356. The molecule has 0 saturated heterocycles. The van der Waals surface area contributed by atoms with Crippen LogP contribution in [0.4, 0.5) is 5.69 Å². The molecule has 0 bridgehead atoms. The Bertz CT molecular complexity index is 766. The molecule has 0 saturated carbocycles. The number of aromatic nitrogens is 1. The molecule has 0 aliphatic heterocycles. The highest BCUT2D eigenvalue weighted by molar-refractivity contribution is 5.93. The molecular formula is C20H28N4O3. The van der Waals surface area contributed by atoms with E-state index in [-0.39, 0.29) is 6.61 Å². The fourth-order valence-electron chi connectivity index (χ4n) is 3.66. The molecule has 1 aromatic carbocycles. The lowest BCUT2D eigenvalue weighted by molar-refractivity contribution is -0.757. The van der Waals surface area contributed by atoms with Crippen LogP contribution in [0.25, 0.3) is 10.9 Å². The zero-order valence-electron chi connectivity index (χ0n) is 15.7. The van der Waals surface area contributed by atoms with Crippen LogP contribution in [-0.2, 0) is 17.7 Å². The number of unbranched alkanes of at least 4 members (excludes halogenated alkanes) is 2. The van der Waals surface area contributed by atoms with Crippen LogP contribution in [0.1, 0.15) is 43.4 Å². The van der Waals surface area contributed by atoms with E-state index in [1.54, 1.807) is 0 Å². The summed E-state index contributed by atoms with van der Waals surface area (Å²) in [6.45, 7) is 2.42. The van der Waals surface area contributed by atoms with Gasteiger partial charge in [0.1, 0.15) is 6.61 Å². The average Bonchev–Trinajstić information content (AvgIpc) is 2.68. The number of para-hydroxylation sites is 1. The predicted molar refractivity (Wildman–Crippen MR) is 107 cm³/mol. The van der Waals surface area contributed by atoms with Crippen LogP contribution in [0, 0.1) is 10.1 Å². The molecule has 0 radical (unpaired) electrons. The Kier molecular flexibility index (Phi) is 7.21. The second-order valence-electron chi connectivity index (χ2n) is 6.93. The minimum atomic E-state index is -0.755. The van der Waals surface area contributed by atoms with Crippen molar-refractivity contribution < 1.29 is 9.92 Å². The highest BCUT2D eigenvalue weighted by Crippen LogP contribution is 2.33. The molecule has 1 aliphatic carbocycles. The summed E-state index contributed by atoms with van der Waals surface area (Å²) in [5.41, 5.74) is 5.04. The predicted octanol–water partition coefficient (Wildman–Crippen LogP) is 3.49. The fourth-order valence-corrected chi connectivity index (χ4v) is 3.66. The van der Waals surface area contributed by atoms with Crippen molar-refractivity contribution >= 4 is 16.6 Å². The normalized spacial score (nSPS) is 13.3. The Morgan fingerprint density at radius 2 is 1.89 bits per heavy atom. The van der Waals surface area contributed by atoms with Crippen LogP contribution < -0.4 is 10.6 Å². The van der Waals surface area contributed by atoms with Crippen molar-refractivity contribution in [2.75, 3.05) is 31.6 Å². The van der Waals surface area contributed by atoms with Gasteiger partial charge in [0.25, 0.3) is 5.09 Å². The number of anilines is 1. The summed E-state index contributed by atoms with van der Waals surface area (Å²) < 4.78 is 0. The third-order valence-electron chi connectivity index (χ3n) is 4.98. The van der Waals surface area contributed by atoms with E-state index >= 15 is 0 Å². The zero-order chi connectivity index (χ0) is 18.9. The molecule has 7 heteroatoms. The summed E-state index contributed by atoms with van der Waals surface area (Å²) >= 11 is 0. The first-order chi connectivity index (χ1) is 13.3. The van der Waals surface area contributed by atoms with E-state index in [0.29, 0.717) is 6.54 Å². The van der Waals surface area contributed by atoms with Crippen LogP contribution in [0.2, 0.25) is 0 Å². The third kappa shape index (κ3) is 5.53. The number of nitrogens with zero attached hydrogens (tertiary/aromatic N) is 2. The number of rotatable bonds is 11. The number of pyridine rings is 1. The molecule has 0 amide bonds. The maximum atomic E-state index is 10.0. The first-order valence-electron chi connectivity index (χ1n) is 9.88. The lowest BCUT2D eigenvalue weighted by Crippen LogP contribution is -2.22. The Morgan fingerprint density at radius 1 is 1.07 bits per heavy atom. The molecular weight excluding hydrogens is 344 g/mol. The molecule has 0 atom stereocenters. The van der Waals surface area contributed by atoms with Crippen molar-refractivity contribution in [3.05, 3.63) is 45.6 Å². The molecule has 1 aliphatic rings. The van der Waals surface area contributed by atoms with E-state index < -0.39 is 5.09 Å². The average molecular weight is 372 g/mol. The summed E-state index contributed by atoms with van der Waals surface area (Å²) in [6, 6.07) is 8.40. The van der Waals surface area contributed by atoms with E-state index in [9.17, 15) is 10.1 Å². The van der Waals surface area contributed by atoms with E-state index in [0.717, 1.165) is 50.7 Å². The van der Waals surface area contributed by atoms with Gasteiger partial charge in [-0.3, -0.25) is 4.98 Å². The minimum absolute atomic E-state index is 0.106. The molecule has 1 aromatic heterocycles. The maximum Gasteiger partial charge on any atom is 0.294 e. The van der Waals surface area contributed by atoms with E-state index in [2.05, 4.69) is 39.7 Å². The summed E-state index contributed by atoms with van der Waals surface area (Å²) in [5.74, 6) is 0. The van der Waals surface area contributed by atoms with Gasteiger partial charge >= 0.3 is 0 Å². The van der Waals surface area contributed by atoms with Crippen molar-refractivity contribution in [3.8, 4) is 0 Å². The summed E-state index contributed by atoms with van der Waals surface area (Å²) in [4.78, 5) is 19.2. The number of nitrogens with one attached hydrogen (secondary N) is 2. The molecule has 0 fully saturated rings. The van der Waals surface area contributed by atoms with E-state index in [1.165, 1.54) is 35.2 Å². The van der Waals surface area contributed by atoms with E-state index in [1.807, 2.05) is 0 Å². The molecule has 27 heavy (non-hydrogen) atoms. The second kappa shape index (κ2) is 10.1. The third-order valence-corrected chi connectivity index (χ3v) is 4.98. The first kappa shape index (κ1) is 19.4. The highest BCUT2D eigenvalue weighted by atomic mass is 16.9. The standard InChI is InChI=1S/C20H28N4O3/c25-24(26)27-15-14-21-12-6-1-7-13-22-20-16-8-2-4-10-18(16)23-19-11-5-3-9-17(19)20/h2,4,8,10,21H,1,3,5-7,9,11-15H2,(H,22,23). The minimum Gasteiger partial charge on any atom is -0.384 e. The SMILES string of the molecule is O=[N+]([O-])OCCNCCCCCNc1c2c(nc3ccccc13)CCCC2. The molecule has 0 spiro atoms. The Morgan fingerprint density at radius 3 is 2.78 bits per heavy atom. The Balaban J connectivity index is 1.44. The number of hydrogen-bond donors (Lipinski definition) is 2. The molecule has 2 N–H and O–H groups in total. The lowest BCUT2D eigenvalue weighted by Gasteiger charge is -2.21. The first-order valence-corrected chi connectivity index (χ1v) is 9.88. The number of fused-ring (bicyclic) bond motifs is 2. The molecule has 2 aromatic rings. The highest BCUT2D eigenvalue weighted by Gasteiger charge is 2.17. The lowest BCUT2D eigenvalue weighted by atomic mass is 9.92. The Labute approximate surface area is 159 Å². The molecule has 7 nitrogen and oxygen atoms in total. The fraction of sp³-hybridized carbons (Fsp3) is 0.550. The number of benzene rings is 1. The van der Waals surface area contributed by atoms with Gasteiger partial charge in [-0.1, -0.05) is 24.6 Å². The van der Waals surface area contributed by atoms with Gasteiger partial charge in [0, 0.05) is 29.9 Å². The van der Waals surface area contributed by atoms with Gasteiger partial charge in [0.05, 0.1) is 5.52 Å². The van der Waals surface area contributed by atoms with E-state index in [4.69, 9.17) is 4.98 Å². The van der Waals surface area contributed by atoms with Gasteiger partial charge in [-0.2, -0.15) is 0 Å². The van der Waals surface area contributed by atoms with Crippen molar-refractivity contribution in [2.45, 2.75) is 44.9 Å². The van der Waals surface area contributed by atoms with Crippen molar-refractivity contribution in [1.29, 1.82) is 0 Å². The number of hydrogen-bond acceptors (Lipinski definition) is 6. The van der Waals surface area contributed by atoms with Gasteiger partial charge in [0.15, 0.2) is 0 Å². The van der Waals surface area contributed by atoms with Crippen molar-refractivity contribution in [2.24, 2.45) is 0 Å². The summed E-state index contributed by atoms with van der Waals surface area (Å²) in [7, 11) is 0. The van der Waals surface area contributed by atoms with Crippen LogP contribution in [-0.4, -0.2) is 36.3 Å². The van der Waals surface area contributed by atoms with Gasteiger partial charge in [-0.25, -0.2) is 0 Å². The zero-order valence-corrected chi connectivity index (χ0v) is 15.7. The van der Waals surface area contributed by atoms with Gasteiger partial charge in [0.2, 0.25) is 0 Å². The molecule has 1 heterocycles. The van der Waals surface area contributed by atoms with Gasteiger partial charge in [-0.05, 0) is 56.7 Å². The van der Waals surface area contributed by atoms with Crippen LogP contribution in [0.3, 0.4) is 0 Å². The van der Waals surface area contributed by atoms with Gasteiger partial charge in [-0.15, -0.1) is 10.1 Å². The van der Waals surface area contributed by atoms with Crippen LogP contribution >= 0.6 is 0 Å². The summed E-state index contributed by atoms with van der Waals surface area (Å²) in [5, 5.41) is 17.4. The van der Waals surface area contributed by atoms with Crippen LogP contribution in [0.15, 0.2) is 24.3 Å². The maximum absolute atomic E-state index is 10.0. The van der Waals surface area contributed by atoms with Crippen molar-refractivity contribution in [3.63, 3.8) is 0 Å². The smallest absolute Gasteiger partial charge is 0.294 e.